The number of nitrogens with zero attached hydrogens (tertiary/aromatic N) is 2. The highest BCUT2D eigenvalue weighted by Crippen LogP contribution is 2.18. The van der Waals surface area contributed by atoms with E-state index in [-0.39, 0.29) is 6.10 Å². The van der Waals surface area contributed by atoms with Gasteiger partial charge in [0.1, 0.15) is 11.9 Å². The molecule has 4 nitrogen and oxygen atoms in total. The summed E-state index contributed by atoms with van der Waals surface area (Å²) in [5.74, 6) is 0.772. The molecule has 0 spiro atoms. The van der Waals surface area contributed by atoms with Crippen LogP contribution in [0.3, 0.4) is 0 Å². The summed E-state index contributed by atoms with van der Waals surface area (Å²) in [7, 11) is 0. The van der Waals surface area contributed by atoms with Gasteiger partial charge in [0.15, 0.2) is 0 Å². The maximum Gasteiger partial charge on any atom is 0.293 e. The minimum Gasteiger partial charge on any atom is -0.463 e. The van der Waals surface area contributed by atoms with Gasteiger partial charge in [0.2, 0.25) is 0 Å². The molecule has 1 saturated heterocycles. The molecule has 0 N–H and O–H groups in total. The summed E-state index contributed by atoms with van der Waals surface area (Å²) >= 11 is 1.30. The van der Waals surface area contributed by atoms with Crippen molar-refractivity contribution in [2.45, 2.75) is 19.4 Å². The van der Waals surface area contributed by atoms with Crippen LogP contribution in [0, 0.1) is 6.92 Å². The van der Waals surface area contributed by atoms with Gasteiger partial charge < -0.3 is 9.47 Å². The zero-order chi connectivity index (χ0) is 8.39. The topological polar surface area (TPSA) is 44.2 Å². The van der Waals surface area contributed by atoms with Crippen molar-refractivity contribution in [3.05, 3.63) is 5.82 Å². The second kappa shape index (κ2) is 3.37. The molecule has 0 bridgehead atoms. The van der Waals surface area contributed by atoms with Crippen LogP contribution in [0.2, 0.25) is 0 Å². The van der Waals surface area contributed by atoms with E-state index in [1.807, 2.05) is 6.92 Å². The number of rotatable bonds is 2. The molecule has 0 aromatic carbocycles. The molecule has 0 amide bonds. The molecule has 1 fully saturated rings. The highest BCUT2D eigenvalue weighted by molar-refractivity contribution is 7.07. The largest absolute Gasteiger partial charge is 0.463 e. The van der Waals surface area contributed by atoms with E-state index in [2.05, 4.69) is 9.36 Å². The number of ether oxygens (including phenoxy) is 2. The van der Waals surface area contributed by atoms with Crippen LogP contribution in [-0.4, -0.2) is 28.7 Å². The second-order valence-electron chi connectivity index (χ2n) is 2.71. The summed E-state index contributed by atoms with van der Waals surface area (Å²) < 4.78 is 14.7. The van der Waals surface area contributed by atoms with Crippen molar-refractivity contribution in [3.63, 3.8) is 0 Å². The highest BCUT2D eigenvalue weighted by atomic mass is 32.1. The van der Waals surface area contributed by atoms with Gasteiger partial charge in [-0.2, -0.15) is 9.36 Å². The normalized spacial score (nSPS) is 22.9. The zero-order valence-electron chi connectivity index (χ0n) is 6.82. The molecular weight excluding hydrogens is 176 g/mol. The van der Waals surface area contributed by atoms with Crippen molar-refractivity contribution >= 4 is 11.5 Å². The zero-order valence-corrected chi connectivity index (χ0v) is 7.63. The van der Waals surface area contributed by atoms with Crippen molar-refractivity contribution in [1.82, 2.24) is 9.36 Å². The summed E-state index contributed by atoms with van der Waals surface area (Å²) in [6, 6.07) is 0. The Labute approximate surface area is 74.7 Å². The fourth-order valence-corrected chi connectivity index (χ4v) is 1.68. The third kappa shape index (κ3) is 1.73. The first-order valence-electron chi connectivity index (χ1n) is 3.89. The van der Waals surface area contributed by atoms with E-state index in [9.17, 15) is 0 Å². The maximum absolute atomic E-state index is 5.52. The average molecular weight is 186 g/mol. The van der Waals surface area contributed by atoms with Gasteiger partial charge in [0.05, 0.1) is 13.2 Å². The molecule has 12 heavy (non-hydrogen) atoms. The van der Waals surface area contributed by atoms with Crippen LogP contribution in [0.25, 0.3) is 0 Å². The molecule has 1 aromatic rings. The van der Waals surface area contributed by atoms with Crippen molar-refractivity contribution in [2.24, 2.45) is 0 Å². The molecule has 0 radical (unpaired) electrons. The molecule has 2 heterocycles. The van der Waals surface area contributed by atoms with Crippen LogP contribution in [0.1, 0.15) is 12.2 Å². The Morgan fingerprint density at radius 1 is 1.67 bits per heavy atom. The Hall–Kier alpha value is -0.680. The standard InChI is InChI=1S/C7H10N2O2S/c1-5-8-7(12-9-5)11-6-2-3-10-4-6/h6H,2-4H2,1H3. The molecule has 1 aromatic heterocycles. The molecule has 1 unspecified atom stereocenters. The summed E-state index contributed by atoms with van der Waals surface area (Å²) in [6.45, 7) is 3.33. The van der Waals surface area contributed by atoms with Gasteiger partial charge in [-0.05, 0) is 6.92 Å². The highest BCUT2D eigenvalue weighted by Gasteiger charge is 2.18. The minimum absolute atomic E-state index is 0.178. The Bertz CT molecular complexity index is 258. The smallest absolute Gasteiger partial charge is 0.293 e. The van der Waals surface area contributed by atoms with E-state index in [0.29, 0.717) is 11.8 Å². The first-order valence-corrected chi connectivity index (χ1v) is 4.66. The predicted molar refractivity (Wildman–Crippen MR) is 44.5 cm³/mol. The summed E-state index contributed by atoms with van der Waals surface area (Å²) in [6.07, 6.45) is 1.14. The van der Waals surface area contributed by atoms with Crippen molar-refractivity contribution in [2.75, 3.05) is 13.2 Å². The lowest BCUT2D eigenvalue weighted by molar-refractivity contribution is 0.141. The van der Waals surface area contributed by atoms with E-state index in [4.69, 9.17) is 9.47 Å². The van der Waals surface area contributed by atoms with Crippen LogP contribution in [0.15, 0.2) is 0 Å². The number of hydrogen-bond acceptors (Lipinski definition) is 5. The number of hydrogen-bond donors (Lipinski definition) is 0. The molecule has 1 aliphatic heterocycles. The first kappa shape index (κ1) is 7.94. The number of aryl methyl sites for hydroxylation is 1. The molecule has 0 saturated carbocycles. The first-order chi connectivity index (χ1) is 5.84. The SMILES string of the molecule is Cc1nsc(OC2CCOC2)n1. The van der Waals surface area contributed by atoms with Crippen LogP contribution in [-0.2, 0) is 4.74 Å². The maximum atomic E-state index is 5.52. The molecule has 5 heteroatoms. The Morgan fingerprint density at radius 2 is 2.58 bits per heavy atom. The quantitative estimate of drug-likeness (QED) is 0.691. The van der Waals surface area contributed by atoms with Gasteiger partial charge in [0, 0.05) is 18.0 Å². The van der Waals surface area contributed by atoms with Crippen molar-refractivity contribution in [3.8, 4) is 5.19 Å². The van der Waals surface area contributed by atoms with Crippen LogP contribution in [0.4, 0.5) is 0 Å². The van der Waals surface area contributed by atoms with E-state index in [0.717, 1.165) is 18.9 Å². The van der Waals surface area contributed by atoms with Gasteiger partial charge in [-0.3, -0.25) is 0 Å². The lowest BCUT2D eigenvalue weighted by Crippen LogP contribution is -2.15. The molecule has 66 valence electrons. The van der Waals surface area contributed by atoms with Gasteiger partial charge in [-0.25, -0.2) is 0 Å². The van der Waals surface area contributed by atoms with E-state index in [1.54, 1.807) is 0 Å². The van der Waals surface area contributed by atoms with E-state index < -0.39 is 0 Å². The average Bonchev–Trinajstić information content (AvgIpc) is 2.63. The van der Waals surface area contributed by atoms with Gasteiger partial charge in [-0.15, -0.1) is 0 Å². The number of aromatic nitrogens is 2. The Kier molecular flexibility index (Phi) is 2.23. The molecule has 2 rings (SSSR count). The minimum atomic E-state index is 0.178. The molecule has 0 aliphatic carbocycles. The van der Waals surface area contributed by atoms with E-state index in [1.165, 1.54) is 11.5 Å². The lowest BCUT2D eigenvalue weighted by atomic mass is 10.3. The lowest BCUT2D eigenvalue weighted by Gasteiger charge is -2.06. The Balaban J connectivity index is 1.94. The van der Waals surface area contributed by atoms with Gasteiger partial charge in [0.25, 0.3) is 5.19 Å². The summed E-state index contributed by atoms with van der Waals surface area (Å²) in [5, 5.41) is 0.656. The van der Waals surface area contributed by atoms with Gasteiger partial charge in [-0.1, -0.05) is 0 Å². The van der Waals surface area contributed by atoms with Gasteiger partial charge >= 0.3 is 0 Å². The molecule has 1 aliphatic rings. The summed E-state index contributed by atoms with van der Waals surface area (Å²) in [4.78, 5) is 4.10. The third-order valence-corrected chi connectivity index (χ3v) is 2.36. The fraction of sp³-hybridized carbons (Fsp3) is 0.714. The van der Waals surface area contributed by atoms with Crippen molar-refractivity contribution < 1.29 is 9.47 Å². The monoisotopic (exact) mass is 186 g/mol. The predicted octanol–water partition coefficient (Wildman–Crippen LogP) is 1.01. The fourth-order valence-electron chi connectivity index (χ4n) is 1.07. The van der Waals surface area contributed by atoms with Crippen molar-refractivity contribution in [1.29, 1.82) is 0 Å². The van der Waals surface area contributed by atoms with E-state index >= 15 is 0 Å². The molecular formula is C7H10N2O2S. The summed E-state index contributed by atoms with van der Waals surface area (Å²) in [5.41, 5.74) is 0. The van der Waals surface area contributed by atoms with Crippen LogP contribution in [0.5, 0.6) is 5.19 Å². The molecule has 1 atom stereocenters. The third-order valence-electron chi connectivity index (χ3n) is 1.66. The Morgan fingerprint density at radius 3 is 3.17 bits per heavy atom. The van der Waals surface area contributed by atoms with Crippen LogP contribution >= 0.6 is 11.5 Å². The second-order valence-corrected chi connectivity index (χ2v) is 3.43. The van der Waals surface area contributed by atoms with Crippen LogP contribution < -0.4 is 4.74 Å².